The summed E-state index contributed by atoms with van der Waals surface area (Å²) in [5, 5.41) is 0. The molecule has 0 aromatic heterocycles. The predicted octanol–water partition coefficient (Wildman–Crippen LogP) is 2.46. The van der Waals surface area contributed by atoms with E-state index in [-0.39, 0.29) is 22.5 Å². The molecule has 108 valence electrons. The van der Waals surface area contributed by atoms with Crippen molar-refractivity contribution in [2.24, 2.45) is 5.92 Å². The number of halogens is 1. The third-order valence-electron chi connectivity index (χ3n) is 2.66. The van der Waals surface area contributed by atoms with E-state index in [9.17, 15) is 12.8 Å². The number of nitrogens with zero attached hydrogens (tertiary/aromatic N) is 1. The van der Waals surface area contributed by atoms with Gasteiger partial charge in [0.15, 0.2) is 0 Å². The van der Waals surface area contributed by atoms with Gasteiger partial charge in [-0.2, -0.15) is 4.31 Å². The van der Waals surface area contributed by atoms with Gasteiger partial charge in [0.25, 0.3) is 0 Å². The molecule has 6 heteroatoms. The molecule has 4 nitrogen and oxygen atoms in total. The molecule has 1 aromatic carbocycles. The largest absolute Gasteiger partial charge is 0.399 e. The van der Waals surface area contributed by atoms with E-state index in [1.807, 2.05) is 13.8 Å². The summed E-state index contributed by atoms with van der Waals surface area (Å²) in [7, 11) is -3.87. The summed E-state index contributed by atoms with van der Waals surface area (Å²) in [5.74, 6) is -0.620. The van der Waals surface area contributed by atoms with Gasteiger partial charge in [-0.05, 0) is 38.0 Å². The molecule has 1 rings (SSSR count). The van der Waals surface area contributed by atoms with Gasteiger partial charge in [0.1, 0.15) is 10.7 Å². The Bertz CT molecular complexity index is 542. The predicted molar refractivity (Wildman–Crippen MR) is 74.7 cm³/mol. The monoisotopic (exact) mass is 288 g/mol. The van der Waals surface area contributed by atoms with Crippen LogP contribution in [0.1, 0.15) is 27.7 Å². The summed E-state index contributed by atoms with van der Waals surface area (Å²) in [6.45, 7) is 7.71. The van der Waals surface area contributed by atoms with E-state index >= 15 is 0 Å². The van der Waals surface area contributed by atoms with Crippen molar-refractivity contribution in [3.05, 3.63) is 24.0 Å². The highest BCUT2D eigenvalue weighted by atomic mass is 32.2. The lowest BCUT2D eigenvalue weighted by molar-refractivity contribution is 0.317. The van der Waals surface area contributed by atoms with Crippen LogP contribution in [-0.2, 0) is 10.0 Å². The summed E-state index contributed by atoms with van der Waals surface area (Å²) in [6.07, 6.45) is 0. The number of nitrogens with two attached hydrogens (primary N) is 1. The molecule has 0 spiro atoms. The first-order chi connectivity index (χ1) is 8.66. The van der Waals surface area contributed by atoms with Crippen LogP contribution >= 0.6 is 0 Å². The average molecular weight is 288 g/mol. The molecule has 1 aromatic rings. The Morgan fingerprint density at radius 1 is 1.26 bits per heavy atom. The minimum Gasteiger partial charge on any atom is -0.399 e. The fourth-order valence-electron chi connectivity index (χ4n) is 1.79. The lowest BCUT2D eigenvalue weighted by Gasteiger charge is -2.27. The van der Waals surface area contributed by atoms with Crippen molar-refractivity contribution < 1.29 is 12.8 Å². The van der Waals surface area contributed by atoms with Crippen LogP contribution < -0.4 is 5.73 Å². The Balaban J connectivity index is 3.30. The first-order valence-electron chi connectivity index (χ1n) is 6.23. The van der Waals surface area contributed by atoms with Gasteiger partial charge >= 0.3 is 0 Å². The second-order valence-electron chi connectivity index (χ2n) is 5.25. The zero-order chi connectivity index (χ0) is 14.8. The van der Waals surface area contributed by atoms with Crippen LogP contribution in [0.15, 0.2) is 23.1 Å². The Hall–Kier alpha value is -1.14. The third-order valence-corrected chi connectivity index (χ3v) is 4.72. The number of rotatable bonds is 5. The summed E-state index contributed by atoms with van der Waals surface area (Å²) >= 11 is 0. The van der Waals surface area contributed by atoms with Gasteiger partial charge in [0.05, 0.1) is 0 Å². The zero-order valence-electron chi connectivity index (χ0n) is 11.7. The maximum atomic E-state index is 13.8. The molecule has 0 aliphatic rings. The molecule has 0 aliphatic heterocycles. The topological polar surface area (TPSA) is 63.4 Å². The number of hydrogen-bond acceptors (Lipinski definition) is 3. The van der Waals surface area contributed by atoms with Gasteiger partial charge in [0.2, 0.25) is 10.0 Å². The molecule has 0 aliphatic carbocycles. The zero-order valence-corrected chi connectivity index (χ0v) is 12.5. The first-order valence-corrected chi connectivity index (χ1v) is 7.67. The van der Waals surface area contributed by atoms with E-state index in [0.29, 0.717) is 6.54 Å². The molecular weight excluding hydrogens is 267 g/mol. The Kier molecular flexibility index (Phi) is 4.92. The van der Waals surface area contributed by atoms with E-state index in [4.69, 9.17) is 5.73 Å². The molecule has 0 amide bonds. The van der Waals surface area contributed by atoms with Gasteiger partial charge in [-0.1, -0.05) is 13.8 Å². The number of benzene rings is 1. The highest BCUT2D eigenvalue weighted by molar-refractivity contribution is 7.89. The fraction of sp³-hybridized carbons (Fsp3) is 0.538. The maximum absolute atomic E-state index is 13.8. The van der Waals surface area contributed by atoms with Crippen LogP contribution in [0.4, 0.5) is 10.1 Å². The summed E-state index contributed by atoms with van der Waals surface area (Å²) < 4.78 is 40.1. The van der Waals surface area contributed by atoms with Crippen LogP contribution in [-0.4, -0.2) is 25.3 Å². The Morgan fingerprint density at radius 2 is 1.84 bits per heavy atom. The molecule has 0 radical (unpaired) electrons. The van der Waals surface area contributed by atoms with Gasteiger partial charge in [-0.3, -0.25) is 0 Å². The smallest absolute Gasteiger partial charge is 0.246 e. The Labute approximate surface area is 114 Å². The van der Waals surface area contributed by atoms with Crippen molar-refractivity contribution in [3.8, 4) is 0 Å². The van der Waals surface area contributed by atoms with Crippen molar-refractivity contribution >= 4 is 15.7 Å². The molecule has 19 heavy (non-hydrogen) atoms. The van der Waals surface area contributed by atoms with Gasteiger partial charge in [-0.25, -0.2) is 12.8 Å². The quantitative estimate of drug-likeness (QED) is 0.847. The summed E-state index contributed by atoms with van der Waals surface area (Å²) in [5.41, 5.74) is 5.78. The van der Waals surface area contributed by atoms with Crippen LogP contribution in [0.3, 0.4) is 0 Å². The standard InChI is InChI=1S/C13H21FN2O2S/c1-9(2)8-16(10(3)4)19(17,18)13-7-11(15)5-6-12(13)14/h5-7,9-10H,8,15H2,1-4H3. The van der Waals surface area contributed by atoms with Crippen molar-refractivity contribution in [1.82, 2.24) is 4.31 Å². The molecule has 0 saturated heterocycles. The van der Waals surface area contributed by atoms with Crippen LogP contribution in [0.25, 0.3) is 0 Å². The highest BCUT2D eigenvalue weighted by Gasteiger charge is 2.30. The first kappa shape index (κ1) is 15.9. The normalized spacial score (nSPS) is 12.6. The van der Waals surface area contributed by atoms with E-state index in [1.54, 1.807) is 13.8 Å². The molecule has 0 bridgehead atoms. The van der Waals surface area contributed by atoms with Crippen molar-refractivity contribution in [2.45, 2.75) is 38.6 Å². The van der Waals surface area contributed by atoms with E-state index < -0.39 is 15.8 Å². The molecule has 0 saturated carbocycles. The van der Waals surface area contributed by atoms with Gasteiger partial charge < -0.3 is 5.73 Å². The fourth-order valence-corrected chi connectivity index (χ4v) is 3.69. The minimum atomic E-state index is -3.87. The van der Waals surface area contributed by atoms with E-state index in [2.05, 4.69) is 0 Å². The van der Waals surface area contributed by atoms with Crippen LogP contribution in [0, 0.1) is 11.7 Å². The maximum Gasteiger partial charge on any atom is 0.246 e. The molecule has 0 atom stereocenters. The molecule has 0 heterocycles. The van der Waals surface area contributed by atoms with E-state index in [1.165, 1.54) is 16.4 Å². The van der Waals surface area contributed by atoms with Crippen molar-refractivity contribution in [1.29, 1.82) is 0 Å². The van der Waals surface area contributed by atoms with Crippen LogP contribution in [0.5, 0.6) is 0 Å². The molecule has 0 fully saturated rings. The lowest BCUT2D eigenvalue weighted by Crippen LogP contribution is -2.39. The number of nitrogen functional groups attached to an aromatic ring is 1. The molecular formula is C13H21FN2O2S. The SMILES string of the molecule is CC(C)CN(C(C)C)S(=O)(=O)c1cc(N)ccc1F. The number of anilines is 1. The Morgan fingerprint density at radius 3 is 2.32 bits per heavy atom. The van der Waals surface area contributed by atoms with Crippen LogP contribution in [0.2, 0.25) is 0 Å². The number of hydrogen-bond donors (Lipinski definition) is 1. The third kappa shape index (κ3) is 3.67. The average Bonchev–Trinajstić information content (AvgIpc) is 2.28. The molecule has 2 N–H and O–H groups in total. The van der Waals surface area contributed by atoms with Gasteiger partial charge in [0, 0.05) is 18.3 Å². The second-order valence-corrected chi connectivity index (χ2v) is 7.11. The molecule has 0 unspecified atom stereocenters. The summed E-state index contributed by atoms with van der Waals surface area (Å²) in [4.78, 5) is -0.359. The number of sulfonamides is 1. The minimum absolute atomic E-state index is 0.154. The van der Waals surface area contributed by atoms with Gasteiger partial charge in [-0.15, -0.1) is 0 Å². The highest BCUT2D eigenvalue weighted by Crippen LogP contribution is 2.24. The van der Waals surface area contributed by atoms with E-state index in [0.717, 1.165) is 6.07 Å². The summed E-state index contributed by atoms with van der Waals surface area (Å²) in [6, 6.07) is 3.35. The lowest BCUT2D eigenvalue weighted by atomic mass is 10.2. The van der Waals surface area contributed by atoms with Crippen molar-refractivity contribution in [2.75, 3.05) is 12.3 Å². The second kappa shape index (κ2) is 5.88. The van der Waals surface area contributed by atoms with Crippen molar-refractivity contribution in [3.63, 3.8) is 0 Å².